The molecule has 1 rings (SSSR count). The SMILES string of the molecule is CCC(CC)(OC)c1noc(CC(C)(O)CN)n1. The maximum absolute atomic E-state index is 9.88. The molecule has 0 aliphatic rings. The Morgan fingerprint density at radius 3 is 2.44 bits per heavy atom. The van der Waals surface area contributed by atoms with Gasteiger partial charge in [0.1, 0.15) is 5.60 Å². The van der Waals surface area contributed by atoms with E-state index >= 15 is 0 Å². The molecule has 0 radical (unpaired) electrons. The fraction of sp³-hybridized carbons (Fsp3) is 0.833. The van der Waals surface area contributed by atoms with Crippen molar-refractivity contribution < 1.29 is 14.4 Å². The summed E-state index contributed by atoms with van der Waals surface area (Å²) in [6, 6.07) is 0. The lowest BCUT2D eigenvalue weighted by Crippen LogP contribution is -2.36. The summed E-state index contributed by atoms with van der Waals surface area (Å²) in [6.45, 7) is 5.81. The van der Waals surface area contributed by atoms with E-state index in [1.165, 1.54) is 0 Å². The van der Waals surface area contributed by atoms with Crippen LogP contribution in [-0.2, 0) is 16.8 Å². The minimum atomic E-state index is -1.03. The summed E-state index contributed by atoms with van der Waals surface area (Å²) < 4.78 is 10.7. The van der Waals surface area contributed by atoms with Crippen LogP contribution in [0.25, 0.3) is 0 Å². The van der Waals surface area contributed by atoms with Gasteiger partial charge in [-0.2, -0.15) is 4.98 Å². The normalized spacial score (nSPS) is 15.7. The third-order valence-corrected chi connectivity index (χ3v) is 3.38. The molecule has 0 aliphatic carbocycles. The van der Waals surface area contributed by atoms with Crippen molar-refractivity contribution in [2.75, 3.05) is 13.7 Å². The lowest BCUT2D eigenvalue weighted by Gasteiger charge is -2.26. The first-order valence-corrected chi connectivity index (χ1v) is 6.23. The number of methoxy groups -OCH3 is 1. The standard InChI is InChI=1S/C12H23N3O3/c1-5-12(6-2,17-4)10-14-9(18-15-10)7-11(3,16)8-13/h16H,5-8,13H2,1-4H3. The van der Waals surface area contributed by atoms with Crippen LogP contribution in [0.2, 0.25) is 0 Å². The van der Waals surface area contributed by atoms with Gasteiger partial charge in [0.25, 0.3) is 0 Å². The van der Waals surface area contributed by atoms with Gasteiger partial charge in [-0.15, -0.1) is 0 Å². The van der Waals surface area contributed by atoms with Crippen LogP contribution in [0.4, 0.5) is 0 Å². The van der Waals surface area contributed by atoms with Crippen LogP contribution < -0.4 is 5.73 Å². The zero-order valence-electron chi connectivity index (χ0n) is 11.6. The monoisotopic (exact) mass is 257 g/mol. The van der Waals surface area contributed by atoms with Gasteiger partial charge in [0.2, 0.25) is 11.7 Å². The number of hydrogen-bond acceptors (Lipinski definition) is 6. The molecule has 0 spiro atoms. The van der Waals surface area contributed by atoms with Crippen molar-refractivity contribution in [1.82, 2.24) is 10.1 Å². The van der Waals surface area contributed by atoms with Crippen molar-refractivity contribution in [3.63, 3.8) is 0 Å². The van der Waals surface area contributed by atoms with Gasteiger partial charge in [0, 0.05) is 13.7 Å². The molecule has 0 aliphatic heterocycles. The Hall–Kier alpha value is -0.980. The van der Waals surface area contributed by atoms with E-state index < -0.39 is 11.2 Å². The Morgan fingerprint density at radius 2 is 2.00 bits per heavy atom. The molecule has 0 saturated carbocycles. The van der Waals surface area contributed by atoms with Gasteiger partial charge in [-0.05, 0) is 19.8 Å². The first-order chi connectivity index (χ1) is 8.43. The van der Waals surface area contributed by atoms with E-state index in [-0.39, 0.29) is 13.0 Å². The quantitative estimate of drug-likeness (QED) is 0.756. The summed E-state index contributed by atoms with van der Waals surface area (Å²) in [5.41, 5.74) is 3.91. The van der Waals surface area contributed by atoms with Crippen LogP contribution in [0.3, 0.4) is 0 Å². The van der Waals surface area contributed by atoms with Gasteiger partial charge in [-0.1, -0.05) is 19.0 Å². The molecule has 1 aromatic heterocycles. The molecule has 0 aromatic carbocycles. The molecular formula is C12H23N3O3. The topological polar surface area (TPSA) is 94.4 Å². The highest BCUT2D eigenvalue weighted by molar-refractivity contribution is 5.02. The molecular weight excluding hydrogens is 234 g/mol. The van der Waals surface area contributed by atoms with Crippen LogP contribution in [-0.4, -0.2) is 34.5 Å². The molecule has 1 aromatic rings. The maximum Gasteiger partial charge on any atom is 0.229 e. The van der Waals surface area contributed by atoms with E-state index in [4.69, 9.17) is 15.0 Å². The average Bonchev–Trinajstić information content (AvgIpc) is 2.80. The van der Waals surface area contributed by atoms with Crippen molar-refractivity contribution in [3.05, 3.63) is 11.7 Å². The van der Waals surface area contributed by atoms with E-state index in [0.717, 1.165) is 12.8 Å². The summed E-state index contributed by atoms with van der Waals surface area (Å²) in [5, 5.41) is 13.8. The summed E-state index contributed by atoms with van der Waals surface area (Å²) in [4.78, 5) is 4.31. The fourth-order valence-electron chi connectivity index (χ4n) is 1.86. The third-order valence-electron chi connectivity index (χ3n) is 3.38. The number of aromatic nitrogens is 2. The number of hydrogen-bond donors (Lipinski definition) is 2. The van der Waals surface area contributed by atoms with E-state index in [0.29, 0.717) is 11.7 Å². The molecule has 0 fully saturated rings. The molecule has 0 amide bonds. The number of nitrogens with two attached hydrogens (primary N) is 1. The Kier molecular flexibility index (Phi) is 4.84. The first-order valence-electron chi connectivity index (χ1n) is 6.23. The van der Waals surface area contributed by atoms with Crippen LogP contribution in [0.15, 0.2) is 4.52 Å². The van der Waals surface area contributed by atoms with Crippen molar-refractivity contribution in [3.8, 4) is 0 Å². The summed E-state index contributed by atoms with van der Waals surface area (Å²) >= 11 is 0. The Labute approximate surface area is 108 Å². The van der Waals surface area contributed by atoms with Gasteiger partial charge in [0.05, 0.1) is 12.0 Å². The zero-order valence-corrected chi connectivity index (χ0v) is 11.6. The zero-order chi connectivity index (χ0) is 13.8. The molecule has 1 unspecified atom stereocenters. The largest absolute Gasteiger partial charge is 0.388 e. The van der Waals surface area contributed by atoms with E-state index in [2.05, 4.69) is 10.1 Å². The van der Waals surface area contributed by atoms with Crippen molar-refractivity contribution in [2.24, 2.45) is 5.73 Å². The maximum atomic E-state index is 9.88. The van der Waals surface area contributed by atoms with Gasteiger partial charge in [-0.3, -0.25) is 0 Å². The predicted molar refractivity (Wildman–Crippen MR) is 66.9 cm³/mol. The lowest BCUT2D eigenvalue weighted by molar-refractivity contribution is -0.0306. The Bertz CT molecular complexity index is 364. The van der Waals surface area contributed by atoms with Gasteiger partial charge >= 0.3 is 0 Å². The molecule has 1 atom stereocenters. The van der Waals surface area contributed by atoms with E-state index in [1.54, 1.807) is 14.0 Å². The molecule has 6 nitrogen and oxygen atoms in total. The summed E-state index contributed by atoms with van der Waals surface area (Å²) in [7, 11) is 1.64. The number of nitrogens with zero attached hydrogens (tertiary/aromatic N) is 2. The number of ether oxygens (including phenoxy) is 1. The molecule has 104 valence electrons. The number of rotatable bonds is 7. The van der Waals surface area contributed by atoms with Crippen LogP contribution >= 0.6 is 0 Å². The highest BCUT2D eigenvalue weighted by Crippen LogP contribution is 2.30. The second kappa shape index (κ2) is 5.77. The van der Waals surface area contributed by atoms with Gasteiger partial charge in [-0.25, -0.2) is 0 Å². The molecule has 1 heterocycles. The minimum absolute atomic E-state index is 0.141. The van der Waals surface area contributed by atoms with Crippen LogP contribution in [0, 0.1) is 0 Å². The second-order valence-electron chi connectivity index (χ2n) is 4.80. The van der Waals surface area contributed by atoms with Crippen molar-refractivity contribution >= 4 is 0 Å². The summed E-state index contributed by atoms with van der Waals surface area (Å²) in [5.74, 6) is 0.904. The molecule has 0 saturated heterocycles. The number of aliphatic hydroxyl groups is 1. The van der Waals surface area contributed by atoms with Crippen molar-refractivity contribution in [1.29, 1.82) is 0 Å². The van der Waals surface area contributed by atoms with Gasteiger partial charge in [0.15, 0.2) is 0 Å². The Balaban J connectivity index is 2.92. The molecule has 18 heavy (non-hydrogen) atoms. The summed E-state index contributed by atoms with van der Waals surface area (Å²) in [6.07, 6.45) is 1.75. The molecule has 0 bridgehead atoms. The van der Waals surface area contributed by atoms with Gasteiger partial charge < -0.3 is 20.1 Å². The van der Waals surface area contributed by atoms with Crippen molar-refractivity contribution in [2.45, 2.75) is 51.2 Å². The highest BCUT2D eigenvalue weighted by Gasteiger charge is 2.34. The smallest absolute Gasteiger partial charge is 0.229 e. The fourth-order valence-corrected chi connectivity index (χ4v) is 1.86. The van der Waals surface area contributed by atoms with Crippen LogP contribution in [0.5, 0.6) is 0 Å². The minimum Gasteiger partial charge on any atom is -0.388 e. The predicted octanol–water partition coefficient (Wildman–Crippen LogP) is 0.983. The first kappa shape index (κ1) is 15.1. The van der Waals surface area contributed by atoms with E-state index in [1.807, 2.05) is 13.8 Å². The lowest BCUT2D eigenvalue weighted by atomic mass is 9.96. The third kappa shape index (κ3) is 3.07. The van der Waals surface area contributed by atoms with E-state index in [9.17, 15) is 5.11 Å². The molecule has 3 N–H and O–H groups in total. The average molecular weight is 257 g/mol. The second-order valence-corrected chi connectivity index (χ2v) is 4.80. The molecule has 6 heteroatoms. The van der Waals surface area contributed by atoms with Crippen LogP contribution in [0.1, 0.15) is 45.3 Å². The Morgan fingerprint density at radius 1 is 1.39 bits per heavy atom. The highest BCUT2D eigenvalue weighted by atomic mass is 16.5.